The van der Waals surface area contributed by atoms with Gasteiger partial charge in [-0.3, -0.25) is 4.99 Å². The summed E-state index contributed by atoms with van der Waals surface area (Å²) in [4.78, 5) is 6.60. The van der Waals surface area contributed by atoms with Crippen molar-refractivity contribution in [3.05, 3.63) is 0 Å². The topological polar surface area (TPSA) is 27.6 Å². The van der Waals surface area contributed by atoms with Crippen LogP contribution in [0.15, 0.2) is 4.99 Å². The Morgan fingerprint density at radius 3 is 2.53 bits per heavy atom. The number of rotatable bonds is 5. The van der Waals surface area contributed by atoms with Crippen molar-refractivity contribution >= 4 is 5.96 Å². The van der Waals surface area contributed by atoms with Gasteiger partial charge in [0.15, 0.2) is 5.96 Å². The van der Waals surface area contributed by atoms with E-state index in [1.807, 2.05) is 7.05 Å². The molecule has 1 fully saturated rings. The smallest absolute Gasteiger partial charge is 0.193 e. The van der Waals surface area contributed by atoms with Crippen LogP contribution in [0.4, 0.5) is 0 Å². The van der Waals surface area contributed by atoms with E-state index in [9.17, 15) is 0 Å². The van der Waals surface area contributed by atoms with Crippen LogP contribution >= 0.6 is 0 Å². The molecule has 0 bridgehead atoms. The van der Waals surface area contributed by atoms with Gasteiger partial charge in [-0.05, 0) is 24.7 Å². The second-order valence-electron chi connectivity index (χ2n) is 5.69. The van der Waals surface area contributed by atoms with E-state index in [0.29, 0.717) is 5.41 Å². The Morgan fingerprint density at radius 2 is 2.00 bits per heavy atom. The van der Waals surface area contributed by atoms with Gasteiger partial charge in [-0.25, -0.2) is 0 Å². The zero-order chi connectivity index (χ0) is 12.7. The van der Waals surface area contributed by atoms with Gasteiger partial charge in [0.05, 0.1) is 0 Å². The molecule has 3 heteroatoms. The molecule has 0 aromatic rings. The van der Waals surface area contributed by atoms with Gasteiger partial charge in [0.25, 0.3) is 0 Å². The first-order chi connectivity index (χ1) is 8.11. The fraction of sp³-hybridized carbons (Fsp3) is 0.929. The van der Waals surface area contributed by atoms with Gasteiger partial charge in [0.2, 0.25) is 0 Å². The molecule has 0 aromatic heterocycles. The van der Waals surface area contributed by atoms with Crippen LogP contribution in [-0.4, -0.2) is 38.0 Å². The summed E-state index contributed by atoms with van der Waals surface area (Å²) >= 11 is 0. The van der Waals surface area contributed by atoms with Crippen molar-refractivity contribution < 1.29 is 0 Å². The lowest BCUT2D eigenvalue weighted by atomic mass is 9.89. The highest BCUT2D eigenvalue weighted by Gasteiger charge is 2.28. The molecule has 1 rings (SSSR count). The molecule has 100 valence electrons. The average molecular weight is 239 g/mol. The van der Waals surface area contributed by atoms with Crippen LogP contribution in [0.2, 0.25) is 0 Å². The highest BCUT2D eigenvalue weighted by Crippen LogP contribution is 2.36. The fourth-order valence-corrected chi connectivity index (χ4v) is 2.58. The Hall–Kier alpha value is -0.730. The largest absolute Gasteiger partial charge is 0.356 e. The van der Waals surface area contributed by atoms with Gasteiger partial charge in [-0.1, -0.05) is 33.1 Å². The van der Waals surface area contributed by atoms with Crippen molar-refractivity contribution in [3.8, 4) is 0 Å². The molecule has 0 saturated heterocycles. The Bertz CT molecular complexity index is 242. The molecule has 1 aliphatic carbocycles. The van der Waals surface area contributed by atoms with Crippen LogP contribution in [0.25, 0.3) is 0 Å². The number of aliphatic imine (C=N–C) groups is 1. The van der Waals surface area contributed by atoms with Crippen LogP contribution in [0.1, 0.15) is 52.4 Å². The maximum absolute atomic E-state index is 4.36. The Balaban J connectivity index is 2.36. The lowest BCUT2D eigenvalue weighted by Crippen LogP contribution is -2.43. The second-order valence-corrected chi connectivity index (χ2v) is 5.69. The highest BCUT2D eigenvalue weighted by molar-refractivity contribution is 5.79. The van der Waals surface area contributed by atoms with Gasteiger partial charge in [-0.2, -0.15) is 0 Å². The Kier molecular flexibility index (Phi) is 5.79. The van der Waals surface area contributed by atoms with Crippen molar-refractivity contribution in [1.82, 2.24) is 10.2 Å². The van der Waals surface area contributed by atoms with Gasteiger partial charge in [0, 0.05) is 27.2 Å². The van der Waals surface area contributed by atoms with Crippen molar-refractivity contribution in [2.75, 3.05) is 27.2 Å². The number of nitrogens with one attached hydrogen (secondary N) is 1. The fourth-order valence-electron chi connectivity index (χ4n) is 2.58. The van der Waals surface area contributed by atoms with Crippen LogP contribution in [0, 0.1) is 5.41 Å². The first kappa shape index (κ1) is 14.3. The summed E-state index contributed by atoms with van der Waals surface area (Å²) in [6.07, 6.45) is 7.96. The molecule has 0 aliphatic heterocycles. The number of hydrogen-bond donors (Lipinski definition) is 1. The van der Waals surface area contributed by atoms with E-state index >= 15 is 0 Å². The van der Waals surface area contributed by atoms with Crippen LogP contribution in [0.5, 0.6) is 0 Å². The zero-order valence-electron chi connectivity index (χ0n) is 12.1. The van der Waals surface area contributed by atoms with Gasteiger partial charge in [0.1, 0.15) is 0 Å². The number of unbranched alkanes of at least 4 members (excludes halogenated alkanes) is 1. The molecule has 1 N–H and O–H groups in total. The molecular weight excluding hydrogens is 210 g/mol. The van der Waals surface area contributed by atoms with Crippen LogP contribution < -0.4 is 5.32 Å². The zero-order valence-corrected chi connectivity index (χ0v) is 12.1. The van der Waals surface area contributed by atoms with E-state index in [0.717, 1.165) is 19.0 Å². The van der Waals surface area contributed by atoms with E-state index in [1.165, 1.54) is 38.5 Å². The molecule has 0 aromatic carbocycles. The average Bonchev–Trinajstić information content (AvgIpc) is 2.74. The van der Waals surface area contributed by atoms with E-state index in [-0.39, 0.29) is 0 Å². The first-order valence-corrected chi connectivity index (χ1v) is 7.03. The van der Waals surface area contributed by atoms with Gasteiger partial charge >= 0.3 is 0 Å². The normalized spacial score (nSPS) is 19.4. The lowest BCUT2D eigenvalue weighted by Gasteiger charge is -2.28. The molecule has 0 atom stereocenters. The molecule has 1 saturated carbocycles. The SMILES string of the molecule is CCCCN(C)C(=NC)NCC1(C)CCCC1. The van der Waals surface area contributed by atoms with E-state index in [2.05, 4.69) is 36.1 Å². The van der Waals surface area contributed by atoms with Crippen LogP contribution in [0.3, 0.4) is 0 Å². The summed E-state index contributed by atoms with van der Waals surface area (Å²) < 4.78 is 0. The molecule has 17 heavy (non-hydrogen) atoms. The molecule has 1 aliphatic rings. The third-order valence-corrected chi connectivity index (χ3v) is 3.90. The van der Waals surface area contributed by atoms with Crippen LogP contribution in [-0.2, 0) is 0 Å². The third-order valence-electron chi connectivity index (χ3n) is 3.90. The maximum atomic E-state index is 4.36. The molecular formula is C14H29N3. The molecule has 0 unspecified atom stereocenters. The minimum Gasteiger partial charge on any atom is -0.356 e. The minimum atomic E-state index is 0.488. The lowest BCUT2D eigenvalue weighted by molar-refractivity contribution is 0.327. The Morgan fingerprint density at radius 1 is 1.35 bits per heavy atom. The molecule has 0 spiro atoms. The number of nitrogens with zero attached hydrogens (tertiary/aromatic N) is 2. The summed E-state index contributed by atoms with van der Waals surface area (Å²) in [6.45, 7) is 6.78. The summed E-state index contributed by atoms with van der Waals surface area (Å²) in [5.41, 5.74) is 0.488. The Labute approximate surface area is 107 Å². The van der Waals surface area contributed by atoms with Crippen molar-refractivity contribution in [1.29, 1.82) is 0 Å². The summed E-state index contributed by atoms with van der Waals surface area (Å²) in [5, 5.41) is 3.54. The second kappa shape index (κ2) is 6.87. The number of hydrogen-bond acceptors (Lipinski definition) is 1. The predicted molar refractivity (Wildman–Crippen MR) is 75.5 cm³/mol. The third kappa shape index (κ3) is 4.57. The maximum Gasteiger partial charge on any atom is 0.193 e. The highest BCUT2D eigenvalue weighted by atomic mass is 15.3. The monoisotopic (exact) mass is 239 g/mol. The molecule has 0 heterocycles. The summed E-state index contributed by atoms with van der Waals surface area (Å²) in [5.74, 6) is 1.05. The van der Waals surface area contributed by atoms with E-state index < -0.39 is 0 Å². The first-order valence-electron chi connectivity index (χ1n) is 7.03. The molecule has 0 amide bonds. The van der Waals surface area contributed by atoms with E-state index in [1.54, 1.807) is 0 Å². The quantitative estimate of drug-likeness (QED) is 0.590. The standard InChI is InChI=1S/C14H29N3/c1-5-6-11-17(4)13(15-3)16-12-14(2)9-7-8-10-14/h5-12H2,1-4H3,(H,15,16). The summed E-state index contributed by atoms with van der Waals surface area (Å²) in [7, 11) is 4.00. The van der Waals surface area contributed by atoms with Crippen molar-refractivity contribution in [3.63, 3.8) is 0 Å². The minimum absolute atomic E-state index is 0.488. The van der Waals surface area contributed by atoms with Gasteiger partial charge in [-0.15, -0.1) is 0 Å². The van der Waals surface area contributed by atoms with Gasteiger partial charge < -0.3 is 10.2 Å². The summed E-state index contributed by atoms with van der Waals surface area (Å²) in [6, 6.07) is 0. The molecule has 0 radical (unpaired) electrons. The molecule has 3 nitrogen and oxygen atoms in total. The van der Waals surface area contributed by atoms with Crippen molar-refractivity contribution in [2.45, 2.75) is 52.4 Å². The predicted octanol–water partition coefficient (Wildman–Crippen LogP) is 2.87. The van der Waals surface area contributed by atoms with Crippen molar-refractivity contribution in [2.24, 2.45) is 10.4 Å². The number of guanidine groups is 1. The van der Waals surface area contributed by atoms with E-state index in [4.69, 9.17) is 0 Å².